The van der Waals surface area contributed by atoms with Crippen molar-refractivity contribution in [1.82, 2.24) is 5.32 Å². The maximum atomic E-state index is 12.9. The fraction of sp³-hybridized carbons (Fsp3) is 0.381. The van der Waals surface area contributed by atoms with E-state index >= 15 is 0 Å². The standard InChI is InChI=1S/C21H28N2O3S/c1-21(2,3)26-20(24)23-18(15-17-11-7-5-8-12-17)16-22-27(4,25)19-13-9-6-10-14-19/h5-14,18H,15-16H2,1-4H3,(H,23,24)/t18-,27?/m0/s1. The van der Waals surface area contributed by atoms with Crippen LogP contribution in [0.3, 0.4) is 0 Å². The van der Waals surface area contributed by atoms with Crippen molar-refractivity contribution in [3.8, 4) is 0 Å². The van der Waals surface area contributed by atoms with Crippen LogP contribution >= 0.6 is 0 Å². The molecule has 1 unspecified atom stereocenters. The highest BCUT2D eigenvalue weighted by Crippen LogP contribution is 2.13. The number of carbonyl (C=O) groups is 1. The third-order valence-corrected chi connectivity index (χ3v) is 5.56. The van der Waals surface area contributed by atoms with Gasteiger partial charge in [-0.05, 0) is 44.9 Å². The summed E-state index contributed by atoms with van der Waals surface area (Å²) in [5, 5.41) is 2.87. The Kier molecular flexibility index (Phi) is 7.02. The number of nitrogens with one attached hydrogen (secondary N) is 1. The van der Waals surface area contributed by atoms with Crippen molar-refractivity contribution in [1.29, 1.82) is 0 Å². The van der Waals surface area contributed by atoms with Gasteiger partial charge in [0.25, 0.3) is 0 Å². The summed E-state index contributed by atoms with van der Waals surface area (Å²) in [6, 6.07) is 18.7. The lowest BCUT2D eigenvalue weighted by Crippen LogP contribution is -2.42. The zero-order valence-corrected chi connectivity index (χ0v) is 17.2. The van der Waals surface area contributed by atoms with Crippen molar-refractivity contribution < 1.29 is 13.7 Å². The Morgan fingerprint density at radius 1 is 1.07 bits per heavy atom. The Balaban J connectivity index is 2.17. The molecular formula is C21H28N2O3S. The molecule has 0 aromatic heterocycles. The Bertz CT molecular complexity index is 852. The topological polar surface area (TPSA) is 67.8 Å². The SMILES string of the molecule is CC(C)(C)OC(=O)N[C@H](CN=S(C)(=O)c1ccccc1)Cc1ccccc1. The molecule has 0 radical (unpaired) electrons. The number of rotatable bonds is 6. The predicted octanol–water partition coefficient (Wildman–Crippen LogP) is 4.28. The van der Waals surface area contributed by atoms with Crippen LogP contribution in [0.25, 0.3) is 0 Å². The molecule has 27 heavy (non-hydrogen) atoms. The van der Waals surface area contributed by atoms with Crippen molar-refractivity contribution in [2.75, 3.05) is 12.8 Å². The molecule has 0 saturated heterocycles. The molecule has 0 aliphatic heterocycles. The normalized spacial score (nSPS) is 14.7. The number of benzene rings is 2. The quantitative estimate of drug-likeness (QED) is 0.803. The lowest BCUT2D eigenvalue weighted by molar-refractivity contribution is 0.0506. The smallest absolute Gasteiger partial charge is 0.407 e. The molecule has 0 spiro atoms. The lowest BCUT2D eigenvalue weighted by Gasteiger charge is -2.23. The molecule has 2 rings (SSSR count). The van der Waals surface area contributed by atoms with Gasteiger partial charge in [-0.25, -0.2) is 13.4 Å². The molecule has 2 atom stereocenters. The maximum Gasteiger partial charge on any atom is 0.407 e. The number of ether oxygens (including phenoxy) is 1. The molecule has 146 valence electrons. The zero-order valence-electron chi connectivity index (χ0n) is 16.3. The number of carbonyl (C=O) groups excluding carboxylic acids is 1. The first kappa shape index (κ1) is 21.0. The molecule has 2 aromatic rings. The van der Waals surface area contributed by atoms with Crippen molar-refractivity contribution in [3.05, 3.63) is 66.2 Å². The second-order valence-corrected chi connectivity index (χ2v) is 9.79. The summed E-state index contributed by atoms with van der Waals surface area (Å²) in [5.74, 6) is 0. The minimum absolute atomic E-state index is 0.234. The van der Waals surface area contributed by atoms with E-state index in [0.29, 0.717) is 11.3 Å². The fourth-order valence-electron chi connectivity index (χ4n) is 2.51. The first-order chi connectivity index (χ1) is 12.7. The van der Waals surface area contributed by atoms with Gasteiger partial charge in [-0.15, -0.1) is 0 Å². The summed E-state index contributed by atoms with van der Waals surface area (Å²) in [6.07, 6.45) is 1.70. The van der Waals surface area contributed by atoms with E-state index in [2.05, 4.69) is 9.68 Å². The predicted molar refractivity (Wildman–Crippen MR) is 109 cm³/mol. The van der Waals surface area contributed by atoms with E-state index in [1.165, 1.54) is 0 Å². The molecule has 0 fully saturated rings. The van der Waals surface area contributed by atoms with Gasteiger partial charge in [0.15, 0.2) is 0 Å². The van der Waals surface area contributed by atoms with Crippen molar-refractivity contribution in [2.24, 2.45) is 4.36 Å². The van der Waals surface area contributed by atoms with E-state index in [-0.39, 0.29) is 12.6 Å². The number of alkyl carbamates (subject to hydrolysis) is 1. The number of nitrogens with zero attached hydrogens (tertiary/aromatic N) is 1. The van der Waals surface area contributed by atoms with Crippen LogP contribution in [-0.4, -0.2) is 34.7 Å². The first-order valence-corrected chi connectivity index (χ1v) is 10.8. The fourth-order valence-corrected chi connectivity index (χ4v) is 3.79. The molecule has 0 aliphatic carbocycles. The Morgan fingerprint density at radius 2 is 1.63 bits per heavy atom. The maximum absolute atomic E-state index is 12.9. The Hall–Kier alpha value is -2.34. The molecule has 0 bridgehead atoms. The first-order valence-electron chi connectivity index (χ1n) is 8.92. The highest BCUT2D eigenvalue weighted by atomic mass is 32.2. The molecule has 0 heterocycles. The van der Waals surface area contributed by atoms with Crippen LogP contribution in [0.15, 0.2) is 69.9 Å². The lowest BCUT2D eigenvalue weighted by atomic mass is 10.1. The van der Waals surface area contributed by atoms with Gasteiger partial charge in [-0.2, -0.15) is 0 Å². The monoisotopic (exact) mass is 388 g/mol. The minimum atomic E-state index is -2.54. The van der Waals surface area contributed by atoms with Crippen LogP contribution in [0.2, 0.25) is 0 Å². The van der Waals surface area contributed by atoms with Crippen molar-refractivity contribution in [3.63, 3.8) is 0 Å². The Labute approximate surface area is 162 Å². The van der Waals surface area contributed by atoms with E-state index in [9.17, 15) is 9.00 Å². The van der Waals surface area contributed by atoms with Gasteiger partial charge in [-0.1, -0.05) is 48.5 Å². The minimum Gasteiger partial charge on any atom is -0.444 e. The van der Waals surface area contributed by atoms with Gasteiger partial charge in [0.2, 0.25) is 0 Å². The van der Waals surface area contributed by atoms with Gasteiger partial charge in [0.1, 0.15) is 5.60 Å². The number of hydrogen-bond donors (Lipinski definition) is 1. The summed E-state index contributed by atoms with van der Waals surface area (Å²) < 4.78 is 22.7. The van der Waals surface area contributed by atoms with Gasteiger partial charge in [-0.3, -0.25) is 0 Å². The van der Waals surface area contributed by atoms with Crippen LogP contribution in [-0.2, 0) is 20.9 Å². The molecule has 0 aliphatic rings. The van der Waals surface area contributed by atoms with Crippen LogP contribution < -0.4 is 5.32 Å². The van der Waals surface area contributed by atoms with Crippen LogP contribution in [0.4, 0.5) is 4.79 Å². The molecule has 6 heteroatoms. The second-order valence-electron chi connectivity index (χ2n) is 7.46. The van der Waals surface area contributed by atoms with Crippen LogP contribution in [0.5, 0.6) is 0 Å². The number of hydrogen-bond acceptors (Lipinski definition) is 4. The van der Waals surface area contributed by atoms with Gasteiger partial charge in [0, 0.05) is 11.2 Å². The highest BCUT2D eigenvalue weighted by molar-refractivity contribution is 7.93. The van der Waals surface area contributed by atoms with Gasteiger partial charge in [0.05, 0.1) is 22.3 Å². The number of amides is 1. The molecule has 5 nitrogen and oxygen atoms in total. The van der Waals surface area contributed by atoms with Crippen LogP contribution in [0.1, 0.15) is 26.3 Å². The van der Waals surface area contributed by atoms with E-state index in [4.69, 9.17) is 4.74 Å². The van der Waals surface area contributed by atoms with Gasteiger partial charge < -0.3 is 10.1 Å². The summed E-state index contributed by atoms with van der Waals surface area (Å²) >= 11 is 0. The van der Waals surface area contributed by atoms with E-state index in [0.717, 1.165) is 5.56 Å². The summed E-state index contributed by atoms with van der Waals surface area (Å²) in [7, 11) is -2.54. The second kappa shape index (κ2) is 9.04. The molecule has 0 saturated carbocycles. The van der Waals surface area contributed by atoms with Crippen molar-refractivity contribution >= 4 is 15.8 Å². The zero-order chi connectivity index (χ0) is 19.9. The largest absolute Gasteiger partial charge is 0.444 e. The third kappa shape index (κ3) is 7.43. The summed E-state index contributed by atoms with van der Waals surface area (Å²) in [6.45, 7) is 5.69. The van der Waals surface area contributed by atoms with E-state index in [1.54, 1.807) is 18.4 Å². The van der Waals surface area contributed by atoms with Crippen molar-refractivity contribution in [2.45, 2.75) is 43.7 Å². The van der Waals surface area contributed by atoms with Gasteiger partial charge >= 0.3 is 6.09 Å². The Morgan fingerprint density at radius 3 is 2.19 bits per heavy atom. The summed E-state index contributed by atoms with van der Waals surface area (Å²) in [4.78, 5) is 12.9. The molecular weight excluding hydrogens is 360 g/mol. The van der Waals surface area contributed by atoms with Crippen LogP contribution in [0, 0.1) is 0 Å². The molecule has 1 N–H and O–H groups in total. The highest BCUT2D eigenvalue weighted by Gasteiger charge is 2.20. The molecule has 1 amide bonds. The average molecular weight is 389 g/mol. The van der Waals surface area contributed by atoms with E-state index < -0.39 is 21.4 Å². The average Bonchev–Trinajstić information content (AvgIpc) is 2.60. The third-order valence-electron chi connectivity index (χ3n) is 3.77. The van der Waals surface area contributed by atoms with E-state index in [1.807, 2.05) is 69.3 Å². The summed E-state index contributed by atoms with van der Waals surface area (Å²) in [5.41, 5.74) is 0.483. The molecule has 2 aromatic carbocycles.